The molecule has 0 radical (unpaired) electrons. The molecule has 0 saturated carbocycles. The monoisotopic (exact) mass is 813 g/mol. The molecule has 6 nitrogen and oxygen atoms in total. The lowest BCUT2D eigenvalue weighted by Gasteiger charge is -2.18. The molecule has 0 aliphatic carbocycles. The highest BCUT2D eigenvalue weighted by molar-refractivity contribution is 5.71. The number of ether oxygens (including phenoxy) is 3. The normalized spacial score (nSPS) is 12.4. The van der Waals surface area contributed by atoms with Crippen molar-refractivity contribution in [3.63, 3.8) is 0 Å². The molecule has 0 saturated heterocycles. The number of hydrogen-bond acceptors (Lipinski definition) is 6. The third-order valence-electron chi connectivity index (χ3n) is 10.6. The van der Waals surface area contributed by atoms with Gasteiger partial charge < -0.3 is 14.2 Å². The van der Waals surface area contributed by atoms with E-state index in [9.17, 15) is 14.4 Å². The van der Waals surface area contributed by atoms with E-state index in [0.29, 0.717) is 19.3 Å². The average Bonchev–Trinajstić information content (AvgIpc) is 3.22. The first-order valence-electron chi connectivity index (χ1n) is 24.7. The summed E-state index contributed by atoms with van der Waals surface area (Å²) in [6.45, 7) is 6.47. The fraction of sp³-hybridized carbons (Fsp3) is 0.788. The second kappa shape index (κ2) is 47.1. The molecular formula is C52H92O6. The summed E-state index contributed by atoms with van der Waals surface area (Å²) in [6.07, 6.45) is 55.3. The number of carbonyl (C=O) groups excluding carboxylic acids is 3. The number of carbonyl (C=O) groups is 3. The molecule has 0 aromatic rings. The second-order valence-corrected chi connectivity index (χ2v) is 16.4. The van der Waals surface area contributed by atoms with Gasteiger partial charge in [-0.25, -0.2) is 0 Å². The Labute approximate surface area is 358 Å². The van der Waals surface area contributed by atoms with Crippen LogP contribution in [0.25, 0.3) is 0 Å². The fourth-order valence-corrected chi connectivity index (χ4v) is 6.91. The fourth-order valence-electron chi connectivity index (χ4n) is 6.91. The molecule has 0 aliphatic heterocycles. The van der Waals surface area contributed by atoms with Crippen molar-refractivity contribution in [3.8, 4) is 0 Å². The van der Waals surface area contributed by atoms with Gasteiger partial charge in [0, 0.05) is 19.3 Å². The lowest BCUT2D eigenvalue weighted by molar-refractivity contribution is -0.167. The Morgan fingerprint density at radius 3 is 1.09 bits per heavy atom. The van der Waals surface area contributed by atoms with Crippen LogP contribution < -0.4 is 0 Å². The van der Waals surface area contributed by atoms with Crippen molar-refractivity contribution in [3.05, 3.63) is 48.6 Å². The molecule has 0 aromatic heterocycles. The Kier molecular flexibility index (Phi) is 44.9. The maximum Gasteiger partial charge on any atom is 0.306 e. The first kappa shape index (κ1) is 55.4. The second-order valence-electron chi connectivity index (χ2n) is 16.4. The molecule has 1 unspecified atom stereocenters. The van der Waals surface area contributed by atoms with Crippen LogP contribution in [0, 0.1) is 0 Å². The Balaban J connectivity index is 4.33. The highest BCUT2D eigenvalue weighted by Crippen LogP contribution is 2.14. The molecule has 336 valence electrons. The molecule has 0 bridgehead atoms. The zero-order chi connectivity index (χ0) is 42.3. The van der Waals surface area contributed by atoms with Crippen molar-refractivity contribution in [2.24, 2.45) is 0 Å². The van der Waals surface area contributed by atoms with Gasteiger partial charge in [-0.05, 0) is 64.2 Å². The first-order chi connectivity index (χ1) is 28.5. The summed E-state index contributed by atoms with van der Waals surface area (Å²) in [5.74, 6) is -0.911. The van der Waals surface area contributed by atoms with E-state index in [-0.39, 0.29) is 31.1 Å². The van der Waals surface area contributed by atoms with E-state index in [0.717, 1.165) is 89.9 Å². The Bertz CT molecular complexity index is 1030. The van der Waals surface area contributed by atoms with Crippen LogP contribution in [-0.4, -0.2) is 37.2 Å². The van der Waals surface area contributed by atoms with Crippen LogP contribution in [-0.2, 0) is 28.6 Å². The predicted octanol–water partition coefficient (Wildman–Crippen LogP) is 15.9. The molecule has 0 spiro atoms. The molecule has 58 heavy (non-hydrogen) atoms. The number of esters is 3. The van der Waals surface area contributed by atoms with Crippen molar-refractivity contribution in [2.75, 3.05) is 13.2 Å². The summed E-state index contributed by atoms with van der Waals surface area (Å²) in [5, 5.41) is 0. The van der Waals surface area contributed by atoms with Crippen LogP contribution >= 0.6 is 0 Å². The van der Waals surface area contributed by atoms with Crippen LogP contribution in [0.2, 0.25) is 0 Å². The van der Waals surface area contributed by atoms with E-state index in [4.69, 9.17) is 14.2 Å². The molecule has 0 heterocycles. The lowest BCUT2D eigenvalue weighted by atomic mass is 10.1. The Morgan fingerprint density at radius 1 is 0.362 bits per heavy atom. The molecular weight excluding hydrogens is 721 g/mol. The van der Waals surface area contributed by atoms with Gasteiger partial charge in [0.1, 0.15) is 13.2 Å². The van der Waals surface area contributed by atoms with Gasteiger partial charge in [-0.3, -0.25) is 14.4 Å². The van der Waals surface area contributed by atoms with Crippen molar-refractivity contribution >= 4 is 17.9 Å². The van der Waals surface area contributed by atoms with E-state index in [2.05, 4.69) is 69.4 Å². The SMILES string of the molecule is CC\C=C/C=C\C=C/CCCCCCCC(=O)OC(COC(=O)CCCCCCC/C=C\CCCCCCCCCCC)COC(=O)CCCCCCCCCCC. The standard InChI is InChI=1S/C52H92O6/c1-4-7-10-13-16-19-21-23-24-25-26-27-29-30-33-36-39-42-45-51(54)57-48-49(47-56-50(53)44-41-38-35-32-18-15-12-9-6-3)58-52(55)46-43-40-37-34-31-28-22-20-17-14-11-8-5-2/h8,11,14,17,20,22,26-27,49H,4-7,9-10,12-13,15-16,18-19,21,23-25,28-48H2,1-3H3/b11-8-,17-14-,22-20-,27-26-. The van der Waals surface area contributed by atoms with Gasteiger partial charge in [-0.2, -0.15) is 0 Å². The molecule has 0 N–H and O–H groups in total. The number of rotatable bonds is 44. The number of unbranched alkanes of at least 4 members (excludes halogenated alkanes) is 27. The van der Waals surface area contributed by atoms with Crippen molar-refractivity contribution < 1.29 is 28.6 Å². The van der Waals surface area contributed by atoms with E-state index in [1.165, 1.54) is 116 Å². The molecule has 0 amide bonds. The van der Waals surface area contributed by atoms with Gasteiger partial charge in [0.05, 0.1) is 0 Å². The largest absolute Gasteiger partial charge is 0.462 e. The van der Waals surface area contributed by atoms with Gasteiger partial charge in [0.25, 0.3) is 0 Å². The van der Waals surface area contributed by atoms with Gasteiger partial charge in [-0.15, -0.1) is 0 Å². The van der Waals surface area contributed by atoms with Crippen LogP contribution in [0.1, 0.15) is 245 Å². The third kappa shape index (κ3) is 44.5. The van der Waals surface area contributed by atoms with Gasteiger partial charge in [-0.1, -0.05) is 211 Å². The summed E-state index contributed by atoms with van der Waals surface area (Å²) in [6, 6.07) is 0. The maximum atomic E-state index is 12.7. The zero-order valence-corrected chi connectivity index (χ0v) is 38.3. The van der Waals surface area contributed by atoms with Crippen LogP contribution in [0.4, 0.5) is 0 Å². The van der Waals surface area contributed by atoms with Crippen LogP contribution in [0.15, 0.2) is 48.6 Å². The molecule has 0 fully saturated rings. The Hall–Kier alpha value is -2.63. The third-order valence-corrected chi connectivity index (χ3v) is 10.6. The Morgan fingerprint density at radius 2 is 0.690 bits per heavy atom. The highest BCUT2D eigenvalue weighted by atomic mass is 16.6. The minimum Gasteiger partial charge on any atom is -0.462 e. The maximum absolute atomic E-state index is 12.7. The molecule has 0 rings (SSSR count). The van der Waals surface area contributed by atoms with Crippen molar-refractivity contribution in [2.45, 2.75) is 252 Å². The van der Waals surface area contributed by atoms with Gasteiger partial charge in [0.2, 0.25) is 0 Å². The van der Waals surface area contributed by atoms with Crippen molar-refractivity contribution in [1.29, 1.82) is 0 Å². The quantitative estimate of drug-likeness (QED) is 0.0200. The minimum atomic E-state index is -0.782. The summed E-state index contributed by atoms with van der Waals surface area (Å²) in [7, 11) is 0. The molecule has 0 aromatic carbocycles. The van der Waals surface area contributed by atoms with E-state index >= 15 is 0 Å². The molecule has 0 aliphatic rings. The van der Waals surface area contributed by atoms with E-state index in [1.54, 1.807) is 0 Å². The summed E-state index contributed by atoms with van der Waals surface area (Å²) in [5.41, 5.74) is 0. The molecule has 6 heteroatoms. The summed E-state index contributed by atoms with van der Waals surface area (Å²) >= 11 is 0. The number of hydrogen-bond donors (Lipinski definition) is 0. The predicted molar refractivity (Wildman–Crippen MR) is 247 cm³/mol. The number of allylic oxidation sites excluding steroid dienone is 8. The van der Waals surface area contributed by atoms with E-state index in [1.807, 2.05) is 0 Å². The van der Waals surface area contributed by atoms with Crippen LogP contribution in [0.3, 0.4) is 0 Å². The zero-order valence-electron chi connectivity index (χ0n) is 38.3. The van der Waals surface area contributed by atoms with Crippen LogP contribution in [0.5, 0.6) is 0 Å². The van der Waals surface area contributed by atoms with Gasteiger partial charge >= 0.3 is 17.9 Å². The summed E-state index contributed by atoms with van der Waals surface area (Å²) in [4.78, 5) is 37.8. The average molecular weight is 813 g/mol. The first-order valence-corrected chi connectivity index (χ1v) is 24.7. The minimum absolute atomic E-state index is 0.0828. The van der Waals surface area contributed by atoms with Gasteiger partial charge in [0.15, 0.2) is 6.10 Å². The van der Waals surface area contributed by atoms with Crippen molar-refractivity contribution in [1.82, 2.24) is 0 Å². The highest BCUT2D eigenvalue weighted by Gasteiger charge is 2.19. The molecule has 1 atom stereocenters. The van der Waals surface area contributed by atoms with E-state index < -0.39 is 6.10 Å². The smallest absolute Gasteiger partial charge is 0.306 e. The lowest BCUT2D eigenvalue weighted by Crippen LogP contribution is -2.30. The topological polar surface area (TPSA) is 78.9 Å². The summed E-state index contributed by atoms with van der Waals surface area (Å²) < 4.78 is 16.7.